The van der Waals surface area contributed by atoms with Crippen LogP contribution in [0.1, 0.15) is 36.9 Å². The summed E-state index contributed by atoms with van der Waals surface area (Å²) in [4.78, 5) is 24.4. The number of aliphatic hydroxyl groups excluding tert-OH is 1. The fourth-order valence-corrected chi connectivity index (χ4v) is 2.79. The minimum Gasteiger partial charge on any atom is -0.442 e. The van der Waals surface area contributed by atoms with E-state index in [0.717, 1.165) is 17.7 Å². The average molecular weight is 323 g/mol. The summed E-state index contributed by atoms with van der Waals surface area (Å²) in [6.45, 7) is 4.51. The Morgan fingerprint density at radius 2 is 2.14 bits per heavy atom. The minimum absolute atomic E-state index is 0.00174. The highest BCUT2D eigenvalue weighted by atomic mass is 32.1. The third-order valence-corrected chi connectivity index (χ3v) is 4.01. The van der Waals surface area contributed by atoms with Gasteiger partial charge in [0.2, 0.25) is 5.91 Å². The molecule has 0 spiro atoms. The Labute approximate surface area is 134 Å². The lowest BCUT2D eigenvalue weighted by Crippen LogP contribution is -2.41. The van der Waals surface area contributed by atoms with Crippen molar-refractivity contribution in [2.45, 2.75) is 39.8 Å². The first-order valence-electron chi connectivity index (χ1n) is 7.05. The van der Waals surface area contributed by atoms with Crippen molar-refractivity contribution in [3.63, 3.8) is 0 Å². The first kappa shape index (κ1) is 18.2. The number of hydrogen-bond acceptors (Lipinski definition) is 5. The van der Waals surface area contributed by atoms with Crippen LogP contribution >= 0.6 is 11.3 Å². The maximum absolute atomic E-state index is 11.2. The van der Waals surface area contributed by atoms with Crippen molar-refractivity contribution in [1.29, 1.82) is 0 Å². The van der Waals surface area contributed by atoms with Crippen molar-refractivity contribution in [2.75, 3.05) is 6.61 Å². The van der Waals surface area contributed by atoms with Crippen LogP contribution in [0.3, 0.4) is 0 Å². The number of aryl methyl sites for hydroxylation is 1. The van der Waals surface area contributed by atoms with Crippen LogP contribution in [0.5, 0.6) is 0 Å². The van der Waals surface area contributed by atoms with Crippen molar-refractivity contribution in [3.05, 3.63) is 21.9 Å². The lowest BCUT2D eigenvalue weighted by molar-refractivity contribution is -0.152. The number of amides is 1. The summed E-state index contributed by atoms with van der Waals surface area (Å²) in [6.07, 6.45) is 0.971. The number of nitrogens with one attached hydrogen (secondary N) is 1. The first-order valence-corrected chi connectivity index (χ1v) is 7.86. The van der Waals surface area contributed by atoms with Gasteiger partial charge in [-0.1, -0.05) is 18.8 Å². The van der Waals surface area contributed by atoms with E-state index in [1.807, 2.05) is 19.1 Å². The van der Waals surface area contributed by atoms with Crippen molar-refractivity contribution in [1.82, 2.24) is 5.32 Å². The molecule has 1 rings (SSSR count). The fourth-order valence-electron chi connectivity index (χ4n) is 1.89. The van der Waals surface area contributed by atoms with E-state index in [1.54, 1.807) is 11.3 Å². The van der Waals surface area contributed by atoms with Gasteiger partial charge in [0.25, 0.3) is 0 Å². The Balaban J connectivity index is 2.57. The molecule has 0 aliphatic rings. The molecule has 22 heavy (non-hydrogen) atoms. The van der Waals surface area contributed by atoms with Crippen LogP contribution < -0.4 is 5.32 Å². The molecular formula is C16H21NO4S. The molecule has 0 saturated carbocycles. The molecule has 0 aliphatic carbocycles. The Morgan fingerprint density at radius 1 is 1.41 bits per heavy atom. The van der Waals surface area contributed by atoms with Gasteiger partial charge >= 0.3 is 5.97 Å². The Kier molecular flexibility index (Phi) is 7.64. The lowest BCUT2D eigenvalue weighted by atomic mass is 10.0. The molecule has 0 fully saturated rings. The molecule has 0 saturated heterocycles. The fraction of sp³-hybridized carbons (Fsp3) is 0.500. The zero-order valence-corrected chi connectivity index (χ0v) is 13.8. The van der Waals surface area contributed by atoms with Gasteiger partial charge in [-0.3, -0.25) is 9.59 Å². The van der Waals surface area contributed by atoms with E-state index in [1.165, 1.54) is 18.7 Å². The number of ether oxygens (including phenoxy) is 1. The van der Waals surface area contributed by atoms with Crippen LogP contribution in [0.25, 0.3) is 0 Å². The van der Waals surface area contributed by atoms with Crippen LogP contribution in [0.2, 0.25) is 0 Å². The second-order valence-electron chi connectivity index (χ2n) is 4.97. The van der Waals surface area contributed by atoms with Crippen LogP contribution in [-0.2, 0) is 20.7 Å². The van der Waals surface area contributed by atoms with E-state index in [0.29, 0.717) is 0 Å². The summed E-state index contributed by atoms with van der Waals surface area (Å²) < 4.78 is 5.15. The summed E-state index contributed by atoms with van der Waals surface area (Å²) in [5.74, 6) is 4.85. The van der Waals surface area contributed by atoms with Gasteiger partial charge in [0, 0.05) is 24.6 Å². The minimum atomic E-state index is -0.608. The van der Waals surface area contributed by atoms with Gasteiger partial charge in [-0.15, -0.1) is 11.3 Å². The molecule has 0 aliphatic heterocycles. The number of aliphatic hydroxyl groups is 1. The van der Waals surface area contributed by atoms with Gasteiger partial charge in [0.1, 0.15) is 6.61 Å². The average Bonchev–Trinajstić information content (AvgIpc) is 2.88. The molecule has 1 heterocycles. The smallest absolute Gasteiger partial charge is 0.304 e. The molecule has 5 nitrogen and oxygen atoms in total. The van der Waals surface area contributed by atoms with E-state index in [4.69, 9.17) is 9.84 Å². The van der Waals surface area contributed by atoms with Gasteiger partial charge in [-0.25, -0.2) is 0 Å². The molecule has 2 N–H and O–H groups in total. The molecule has 1 aromatic rings. The van der Waals surface area contributed by atoms with Crippen LogP contribution in [0, 0.1) is 17.8 Å². The van der Waals surface area contributed by atoms with Crippen LogP contribution in [-0.4, -0.2) is 29.8 Å². The summed E-state index contributed by atoms with van der Waals surface area (Å²) in [5, 5.41) is 11.3. The maximum atomic E-state index is 11.2. The molecular weight excluding hydrogens is 302 g/mol. The quantitative estimate of drug-likeness (QED) is 0.474. The summed E-state index contributed by atoms with van der Waals surface area (Å²) in [6, 6.07) is 3.92. The zero-order valence-electron chi connectivity index (χ0n) is 13.0. The lowest BCUT2D eigenvalue weighted by Gasteiger charge is -2.23. The largest absolute Gasteiger partial charge is 0.442 e. The Morgan fingerprint density at radius 3 is 2.73 bits per heavy atom. The molecule has 120 valence electrons. The molecule has 1 aromatic heterocycles. The molecule has 0 radical (unpaired) electrons. The van der Waals surface area contributed by atoms with Gasteiger partial charge in [0.15, 0.2) is 6.23 Å². The zero-order chi connectivity index (χ0) is 16.5. The highest BCUT2D eigenvalue weighted by Gasteiger charge is 2.21. The summed E-state index contributed by atoms with van der Waals surface area (Å²) >= 11 is 1.57. The Bertz CT molecular complexity index is 554. The van der Waals surface area contributed by atoms with Crippen LogP contribution in [0.15, 0.2) is 12.1 Å². The van der Waals surface area contributed by atoms with Crippen molar-refractivity contribution in [3.8, 4) is 11.8 Å². The van der Waals surface area contributed by atoms with Crippen molar-refractivity contribution in [2.24, 2.45) is 5.92 Å². The van der Waals surface area contributed by atoms with Gasteiger partial charge < -0.3 is 15.2 Å². The topological polar surface area (TPSA) is 75.6 Å². The van der Waals surface area contributed by atoms with Crippen LogP contribution in [0.4, 0.5) is 0 Å². The predicted molar refractivity (Wildman–Crippen MR) is 85.1 cm³/mol. The second-order valence-corrected chi connectivity index (χ2v) is 6.14. The molecule has 2 atom stereocenters. The summed E-state index contributed by atoms with van der Waals surface area (Å²) in [7, 11) is 0. The number of thiophene rings is 1. The molecule has 0 aromatic carbocycles. The highest BCUT2D eigenvalue weighted by Crippen LogP contribution is 2.20. The number of esters is 1. The monoisotopic (exact) mass is 323 g/mol. The molecule has 6 heteroatoms. The predicted octanol–water partition coefficient (Wildman–Crippen LogP) is 1.69. The van der Waals surface area contributed by atoms with E-state index in [9.17, 15) is 9.59 Å². The van der Waals surface area contributed by atoms with E-state index < -0.39 is 12.2 Å². The van der Waals surface area contributed by atoms with E-state index in [2.05, 4.69) is 17.2 Å². The van der Waals surface area contributed by atoms with E-state index in [-0.39, 0.29) is 18.4 Å². The molecule has 2 unspecified atom stereocenters. The SMILES string of the molecule is CC(=O)NC(OC(C)=O)C(C)CCc1ccc(C#CCO)s1. The molecule has 0 bridgehead atoms. The number of carbonyl (C=O) groups is 2. The van der Waals surface area contributed by atoms with Gasteiger partial charge in [-0.05, 0) is 25.0 Å². The number of carbonyl (C=O) groups excluding carboxylic acids is 2. The third kappa shape index (κ3) is 6.74. The van der Waals surface area contributed by atoms with Crippen molar-refractivity contribution < 1.29 is 19.4 Å². The second kappa shape index (κ2) is 9.23. The van der Waals surface area contributed by atoms with Crippen molar-refractivity contribution >= 4 is 23.2 Å². The number of hydrogen-bond donors (Lipinski definition) is 2. The Hall–Kier alpha value is -1.84. The van der Waals surface area contributed by atoms with E-state index >= 15 is 0 Å². The summed E-state index contributed by atoms with van der Waals surface area (Å²) in [5.41, 5.74) is 0. The van der Waals surface area contributed by atoms with Gasteiger partial charge in [-0.2, -0.15) is 0 Å². The number of rotatable bonds is 6. The maximum Gasteiger partial charge on any atom is 0.304 e. The standard InChI is InChI=1S/C16H21NO4S/c1-11(16(17-12(2)19)21-13(3)20)6-7-15-9-8-14(22-15)5-4-10-18/h8-9,11,16,18H,6-7,10H2,1-3H3,(H,17,19). The first-order chi connectivity index (χ1) is 10.4. The van der Waals surface area contributed by atoms with Gasteiger partial charge in [0.05, 0.1) is 4.88 Å². The normalized spacial score (nSPS) is 12.7. The third-order valence-electron chi connectivity index (χ3n) is 2.95. The molecule has 1 amide bonds. The highest BCUT2D eigenvalue weighted by molar-refractivity contribution is 7.12.